The van der Waals surface area contributed by atoms with Crippen molar-refractivity contribution >= 4 is 11.6 Å². The molecule has 0 unspecified atom stereocenters. The van der Waals surface area contributed by atoms with Crippen LogP contribution in [0.25, 0.3) is 0 Å². The Balaban J connectivity index is 2.00. The zero-order valence-electron chi connectivity index (χ0n) is 11.5. The predicted molar refractivity (Wildman–Crippen MR) is 76.0 cm³/mol. The Bertz CT molecular complexity index is 718. The minimum Gasteiger partial charge on any atom is -0.312 e. The van der Waals surface area contributed by atoms with E-state index in [2.05, 4.69) is 15.5 Å². The van der Waals surface area contributed by atoms with Crippen LogP contribution in [-0.2, 0) is 26.6 Å². The number of hydrogen-bond acceptors (Lipinski definition) is 4. The summed E-state index contributed by atoms with van der Waals surface area (Å²) in [4.78, 5) is 12.1. The molecule has 106 valence electrons. The summed E-state index contributed by atoms with van der Waals surface area (Å²) in [7, 11) is 1.82. The Labute approximate surface area is 121 Å². The van der Waals surface area contributed by atoms with Gasteiger partial charge in [0.2, 0.25) is 0 Å². The summed E-state index contributed by atoms with van der Waals surface area (Å²) in [5, 5.41) is 12.6. The third kappa shape index (κ3) is 2.25. The summed E-state index contributed by atoms with van der Waals surface area (Å²) >= 11 is 6.22. The van der Waals surface area contributed by atoms with Gasteiger partial charge in [-0.3, -0.25) is 9.48 Å². The van der Waals surface area contributed by atoms with Gasteiger partial charge in [0.25, 0.3) is 5.56 Å². The van der Waals surface area contributed by atoms with Gasteiger partial charge >= 0.3 is 0 Å². The van der Waals surface area contributed by atoms with Gasteiger partial charge in [0.1, 0.15) is 0 Å². The Morgan fingerprint density at radius 2 is 2.25 bits per heavy atom. The lowest BCUT2D eigenvalue weighted by Crippen LogP contribution is -2.32. The van der Waals surface area contributed by atoms with Crippen LogP contribution in [0.2, 0.25) is 5.02 Å². The van der Waals surface area contributed by atoms with E-state index in [1.165, 1.54) is 4.68 Å². The Kier molecular flexibility index (Phi) is 3.35. The number of nitrogens with one attached hydrogen (secondary N) is 1. The van der Waals surface area contributed by atoms with Crippen molar-refractivity contribution in [1.82, 2.24) is 24.9 Å². The molecule has 1 aliphatic rings. The number of nitrogens with zero attached hydrogens (tertiary/aromatic N) is 4. The molecule has 0 saturated carbocycles. The summed E-state index contributed by atoms with van der Waals surface area (Å²) in [6, 6.07) is 1.66. The van der Waals surface area contributed by atoms with E-state index in [1.54, 1.807) is 10.7 Å². The zero-order valence-corrected chi connectivity index (χ0v) is 12.2. The van der Waals surface area contributed by atoms with Crippen molar-refractivity contribution in [2.24, 2.45) is 7.05 Å². The van der Waals surface area contributed by atoms with Gasteiger partial charge in [-0.1, -0.05) is 11.6 Å². The highest BCUT2D eigenvalue weighted by atomic mass is 35.5. The van der Waals surface area contributed by atoms with Crippen molar-refractivity contribution in [3.63, 3.8) is 0 Å². The van der Waals surface area contributed by atoms with Crippen molar-refractivity contribution in [2.75, 3.05) is 6.54 Å². The lowest BCUT2D eigenvalue weighted by molar-refractivity contribution is 0.545. The number of halogens is 1. The summed E-state index contributed by atoms with van der Waals surface area (Å²) in [6.45, 7) is 3.80. The van der Waals surface area contributed by atoms with Gasteiger partial charge in [-0.25, -0.2) is 4.68 Å². The van der Waals surface area contributed by atoms with Crippen molar-refractivity contribution in [3.8, 4) is 0 Å². The first-order chi connectivity index (χ1) is 9.56. The standard InChI is InChI=1S/C13H16ClN5O/c1-8-13(14)11(18(2)16-8)7-19-12(20)5-9-6-15-4-3-10(9)17-19/h5,15H,3-4,6-7H2,1-2H3. The highest BCUT2D eigenvalue weighted by Gasteiger charge is 2.16. The molecule has 2 aromatic heterocycles. The largest absolute Gasteiger partial charge is 0.312 e. The maximum Gasteiger partial charge on any atom is 0.267 e. The van der Waals surface area contributed by atoms with Crippen LogP contribution in [0.4, 0.5) is 0 Å². The summed E-state index contributed by atoms with van der Waals surface area (Å²) in [6.07, 6.45) is 0.841. The summed E-state index contributed by atoms with van der Waals surface area (Å²) < 4.78 is 3.17. The number of aryl methyl sites for hydroxylation is 2. The van der Waals surface area contributed by atoms with Gasteiger partial charge in [-0.2, -0.15) is 10.2 Å². The number of aromatic nitrogens is 4. The van der Waals surface area contributed by atoms with Crippen LogP contribution in [0.5, 0.6) is 0 Å². The van der Waals surface area contributed by atoms with Crippen LogP contribution >= 0.6 is 11.6 Å². The van der Waals surface area contributed by atoms with Crippen LogP contribution in [0.1, 0.15) is 22.6 Å². The monoisotopic (exact) mass is 293 g/mol. The molecule has 3 rings (SSSR count). The van der Waals surface area contributed by atoms with E-state index in [9.17, 15) is 4.79 Å². The first-order valence-electron chi connectivity index (χ1n) is 6.55. The van der Waals surface area contributed by atoms with E-state index in [1.807, 2.05) is 14.0 Å². The quantitative estimate of drug-likeness (QED) is 0.882. The molecule has 0 bridgehead atoms. The van der Waals surface area contributed by atoms with Gasteiger partial charge in [-0.05, 0) is 12.5 Å². The van der Waals surface area contributed by atoms with Crippen LogP contribution in [0.3, 0.4) is 0 Å². The second kappa shape index (κ2) is 5.03. The van der Waals surface area contributed by atoms with E-state index in [-0.39, 0.29) is 5.56 Å². The lowest BCUT2D eigenvalue weighted by Gasteiger charge is -2.17. The molecule has 6 nitrogen and oxygen atoms in total. The smallest absolute Gasteiger partial charge is 0.267 e. The van der Waals surface area contributed by atoms with Crippen molar-refractivity contribution < 1.29 is 0 Å². The molecule has 0 saturated heterocycles. The van der Waals surface area contributed by atoms with Gasteiger partial charge in [0.15, 0.2) is 0 Å². The zero-order chi connectivity index (χ0) is 14.3. The molecule has 1 aliphatic heterocycles. The fraction of sp³-hybridized carbons (Fsp3) is 0.462. The van der Waals surface area contributed by atoms with Crippen molar-refractivity contribution in [1.29, 1.82) is 0 Å². The average molecular weight is 294 g/mol. The second-order valence-electron chi connectivity index (χ2n) is 5.01. The Morgan fingerprint density at radius 3 is 2.95 bits per heavy atom. The molecule has 0 spiro atoms. The average Bonchev–Trinajstić information content (AvgIpc) is 2.66. The molecule has 0 radical (unpaired) electrons. The van der Waals surface area contributed by atoms with Crippen LogP contribution < -0.4 is 10.9 Å². The molecule has 20 heavy (non-hydrogen) atoms. The van der Waals surface area contributed by atoms with Crippen LogP contribution in [-0.4, -0.2) is 26.1 Å². The third-order valence-corrected chi connectivity index (χ3v) is 4.07. The molecule has 3 heterocycles. The van der Waals surface area contributed by atoms with E-state index in [0.29, 0.717) is 18.1 Å². The predicted octanol–water partition coefficient (Wildman–Crippen LogP) is 0.633. The number of rotatable bonds is 2. The Morgan fingerprint density at radius 1 is 1.45 bits per heavy atom. The van der Waals surface area contributed by atoms with E-state index in [0.717, 1.165) is 35.6 Å². The van der Waals surface area contributed by atoms with Crippen molar-refractivity contribution in [2.45, 2.75) is 26.4 Å². The highest BCUT2D eigenvalue weighted by Crippen LogP contribution is 2.19. The minimum absolute atomic E-state index is 0.109. The molecule has 0 atom stereocenters. The second-order valence-corrected chi connectivity index (χ2v) is 5.39. The van der Waals surface area contributed by atoms with Gasteiger partial charge in [0.05, 0.1) is 28.6 Å². The topological polar surface area (TPSA) is 64.7 Å². The molecular weight excluding hydrogens is 278 g/mol. The third-order valence-electron chi connectivity index (χ3n) is 3.58. The molecule has 2 aromatic rings. The number of hydrogen-bond donors (Lipinski definition) is 1. The molecule has 0 fully saturated rings. The summed E-state index contributed by atoms with van der Waals surface area (Å²) in [5.41, 5.74) is 3.43. The molecule has 7 heteroatoms. The first-order valence-corrected chi connectivity index (χ1v) is 6.92. The van der Waals surface area contributed by atoms with Gasteiger partial charge in [-0.15, -0.1) is 0 Å². The van der Waals surface area contributed by atoms with Crippen LogP contribution in [0.15, 0.2) is 10.9 Å². The van der Waals surface area contributed by atoms with Gasteiger partial charge in [0, 0.05) is 32.6 Å². The number of fused-ring (bicyclic) bond motifs is 1. The van der Waals surface area contributed by atoms with E-state index >= 15 is 0 Å². The maximum absolute atomic E-state index is 12.1. The SMILES string of the molecule is Cc1nn(C)c(Cn2nc3c(cc2=O)CNCC3)c1Cl. The molecule has 0 amide bonds. The molecule has 0 aliphatic carbocycles. The highest BCUT2D eigenvalue weighted by molar-refractivity contribution is 6.31. The van der Waals surface area contributed by atoms with Gasteiger partial charge < -0.3 is 5.32 Å². The maximum atomic E-state index is 12.1. The fourth-order valence-corrected chi connectivity index (χ4v) is 2.69. The molecule has 0 aromatic carbocycles. The normalized spacial score (nSPS) is 14.3. The first kappa shape index (κ1) is 13.3. The summed E-state index contributed by atoms with van der Waals surface area (Å²) in [5.74, 6) is 0. The fourth-order valence-electron chi connectivity index (χ4n) is 2.47. The van der Waals surface area contributed by atoms with Crippen LogP contribution in [0, 0.1) is 6.92 Å². The van der Waals surface area contributed by atoms with E-state index < -0.39 is 0 Å². The minimum atomic E-state index is -0.109. The van der Waals surface area contributed by atoms with Crippen molar-refractivity contribution in [3.05, 3.63) is 44.1 Å². The molecule has 1 N–H and O–H groups in total. The lowest BCUT2D eigenvalue weighted by atomic mass is 10.1. The van der Waals surface area contributed by atoms with E-state index in [4.69, 9.17) is 11.6 Å². The molecular formula is C13H16ClN5O. The Hall–Kier alpha value is -1.66.